The Bertz CT molecular complexity index is 1030. The van der Waals surface area contributed by atoms with Crippen LogP contribution in [0.1, 0.15) is 16.7 Å². The number of amides is 1. The van der Waals surface area contributed by atoms with Crippen molar-refractivity contribution < 1.29 is 19.2 Å². The summed E-state index contributed by atoms with van der Waals surface area (Å²) in [6.07, 6.45) is 1.68. The van der Waals surface area contributed by atoms with Gasteiger partial charge in [-0.3, -0.25) is 19.8 Å². The van der Waals surface area contributed by atoms with E-state index < -0.39 is 4.92 Å². The van der Waals surface area contributed by atoms with Gasteiger partial charge in [0.2, 0.25) is 0 Å². The van der Waals surface area contributed by atoms with E-state index in [0.717, 1.165) is 11.1 Å². The third-order valence-corrected chi connectivity index (χ3v) is 4.77. The maximum absolute atomic E-state index is 12.2. The van der Waals surface area contributed by atoms with Crippen LogP contribution in [-0.4, -0.2) is 35.0 Å². The van der Waals surface area contributed by atoms with E-state index in [1.165, 1.54) is 18.1 Å². The standard InChI is InChI=1S/C20H19N3O5S/c1-12-4-6-16(23(25)26)18(8-12)28-11-14-9-13(5-7-17(14)27-3)10-15-19(24)22(2)20(29)21-15/h4-10H,11H2,1-3H3,(H,21,29)/b15-10+. The Kier molecular flexibility index (Phi) is 5.79. The van der Waals surface area contributed by atoms with Crippen LogP contribution < -0.4 is 14.8 Å². The van der Waals surface area contributed by atoms with E-state index in [1.54, 1.807) is 43.5 Å². The van der Waals surface area contributed by atoms with Gasteiger partial charge in [-0.25, -0.2) is 0 Å². The average molecular weight is 413 g/mol. The number of benzene rings is 2. The maximum atomic E-state index is 12.2. The molecule has 1 saturated heterocycles. The Morgan fingerprint density at radius 1 is 1.24 bits per heavy atom. The van der Waals surface area contributed by atoms with Crippen molar-refractivity contribution in [3.8, 4) is 11.5 Å². The second kappa shape index (κ2) is 8.27. The fourth-order valence-electron chi connectivity index (χ4n) is 2.83. The highest BCUT2D eigenvalue weighted by Gasteiger charge is 2.27. The smallest absolute Gasteiger partial charge is 0.310 e. The summed E-state index contributed by atoms with van der Waals surface area (Å²) in [6, 6.07) is 10.0. The zero-order valence-electron chi connectivity index (χ0n) is 16.1. The number of methoxy groups -OCH3 is 1. The molecule has 29 heavy (non-hydrogen) atoms. The normalized spacial score (nSPS) is 14.9. The SMILES string of the molecule is COc1ccc(/C=C2/NC(=S)N(C)C2=O)cc1COc1cc(C)ccc1[N+](=O)[O-]. The molecule has 0 spiro atoms. The van der Waals surface area contributed by atoms with Crippen molar-refractivity contribution in [1.29, 1.82) is 0 Å². The zero-order chi connectivity index (χ0) is 21.1. The molecule has 3 rings (SSSR count). The van der Waals surface area contributed by atoms with Crippen LogP contribution >= 0.6 is 12.2 Å². The Labute approximate surface area is 172 Å². The Balaban J connectivity index is 1.88. The van der Waals surface area contributed by atoms with Crippen molar-refractivity contribution in [2.24, 2.45) is 0 Å². The van der Waals surface area contributed by atoms with E-state index in [4.69, 9.17) is 21.7 Å². The van der Waals surface area contributed by atoms with Gasteiger partial charge in [0.15, 0.2) is 10.9 Å². The highest BCUT2D eigenvalue weighted by molar-refractivity contribution is 7.80. The predicted molar refractivity (Wildman–Crippen MR) is 112 cm³/mol. The van der Waals surface area contributed by atoms with E-state index >= 15 is 0 Å². The second-order valence-corrected chi connectivity index (χ2v) is 6.83. The van der Waals surface area contributed by atoms with Crippen molar-refractivity contribution in [2.45, 2.75) is 13.5 Å². The van der Waals surface area contributed by atoms with Crippen LogP contribution in [-0.2, 0) is 11.4 Å². The van der Waals surface area contributed by atoms with Gasteiger partial charge in [0.25, 0.3) is 5.91 Å². The molecule has 0 saturated carbocycles. The first-order valence-electron chi connectivity index (χ1n) is 8.65. The summed E-state index contributed by atoms with van der Waals surface area (Å²) >= 11 is 5.07. The highest BCUT2D eigenvalue weighted by Crippen LogP contribution is 2.30. The Hall–Kier alpha value is -3.46. The van der Waals surface area contributed by atoms with Gasteiger partial charge >= 0.3 is 5.69 Å². The molecular formula is C20H19N3O5S. The molecule has 1 fully saturated rings. The number of aryl methyl sites for hydroxylation is 1. The van der Waals surface area contributed by atoms with Crippen LogP contribution in [0.4, 0.5) is 5.69 Å². The number of nitrogens with one attached hydrogen (secondary N) is 1. The number of hydrogen-bond donors (Lipinski definition) is 1. The van der Waals surface area contributed by atoms with Crippen molar-refractivity contribution in [2.75, 3.05) is 14.2 Å². The van der Waals surface area contributed by atoms with Gasteiger partial charge in [0, 0.05) is 18.7 Å². The molecule has 150 valence electrons. The van der Waals surface area contributed by atoms with E-state index in [2.05, 4.69) is 5.32 Å². The largest absolute Gasteiger partial charge is 0.496 e. The molecule has 9 heteroatoms. The zero-order valence-corrected chi connectivity index (χ0v) is 16.9. The van der Waals surface area contributed by atoms with E-state index in [9.17, 15) is 14.9 Å². The molecule has 8 nitrogen and oxygen atoms in total. The van der Waals surface area contributed by atoms with Gasteiger partial charge in [-0.2, -0.15) is 0 Å². The van der Waals surface area contributed by atoms with E-state index in [0.29, 0.717) is 22.1 Å². The third kappa shape index (κ3) is 4.35. The monoisotopic (exact) mass is 413 g/mol. The maximum Gasteiger partial charge on any atom is 0.310 e. The van der Waals surface area contributed by atoms with Crippen molar-refractivity contribution >= 4 is 35.0 Å². The minimum Gasteiger partial charge on any atom is -0.496 e. The molecule has 0 aromatic heterocycles. The number of ether oxygens (including phenoxy) is 2. The number of hydrogen-bond acceptors (Lipinski definition) is 6. The van der Waals surface area contributed by atoms with Gasteiger partial charge in [-0.1, -0.05) is 12.1 Å². The predicted octanol–water partition coefficient (Wildman–Crippen LogP) is 3.18. The molecule has 0 atom stereocenters. The minimum atomic E-state index is -0.483. The summed E-state index contributed by atoms with van der Waals surface area (Å²) in [7, 11) is 3.13. The molecule has 1 heterocycles. The topological polar surface area (TPSA) is 93.9 Å². The summed E-state index contributed by atoms with van der Waals surface area (Å²) in [5.41, 5.74) is 2.52. The fourth-order valence-corrected chi connectivity index (χ4v) is 3.03. The van der Waals surface area contributed by atoms with Crippen LogP contribution in [0.15, 0.2) is 42.1 Å². The van der Waals surface area contributed by atoms with Gasteiger partial charge in [-0.05, 0) is 54.5 Å². The van der Waals surface area contributed by atoms with Crippen LogP contribution in [0.5, 0.6) is 11.5 Å². The van der Waals surface area contributed by atoms with Gasteiger partial charge < -0.3 is 14.8 Å². The summed E-state index contributed by atoms with van der Waals surface area (Å²) in [4.78, 5) is 24.3. The summed E-state index contributed by atoms with van der Waals surface area (Å²) in [5.74, 6) is 0.528. The molecule has 1 aliphatic heterocycles. The number of rotatable bonds is 6. The van der Waals surface area contributed by atoms with Crippen LogP contribution in [0.2, 0.25) is 0 Å². The fraction of sp³-hybridized carbons (Fsp3) is 0.200. The number of nitro benzene ring substituents is 1. The molecule has 0 aliphatic carbocycles. The minimum absolute atomic E-state index is 0.0597. The lowest BCUT2D eigenvalue weighted by Gasteiger charge is -2.12. The average Bonchev–Trinajstić information content (AvgIpc) is 2.93. The quantitative estimate of drug-likeness (QED) is 0.336. The Morgan fingerprint density at radius 3 is 2.62 bits per heavy atom. The first kappa shape index (κ1) is 20.3. The first-order chi connectivity index (χ1) is 13.8. The molecular weight excluding hydrogens is 394 g/mol. The number of nitro groups is 1. The number of nitrogens with zero attached hydrogens (tertiary/aromatic N) is 2. The lowest BCUT2D eigenvalue weighted by atomic mass is 10.1. The van der Waals surface area contributed by atoms with Crippen molar-refractivity contribution in [3.63, 3.8) is 0 Å². The lowest BCUT2D eigenvalue weighted by Crippen LogP contribution is -2.25. The first-order valence-corrected chi connectivity index (χ1v) is 9.06. The summed E-state index contributed by atoms with van der Waals surface area (Å²) in [5, 5.41) is 14.4. The molecule has 0 unspecified atom stereocenters. The van der Waals surface area contributed by atoms with Gasteiger partial charge in [0.1, 0.15) is 18.1 Å². The summed E-state index contributed by atoms with van der Waals surface area (Å²) < 4.78 is 11.1. The van der Waals surface area contributed by atoms with Crippen LogP contribution in [0.3, 0.4) is 0 Å². The molecule has 1 aliphatic rings. The van der Waals surface area contributed by atoms with Crippen molar-refractivity contribution in [1.82, 2.24) is 10.2 Å². The van der Waals surface area contributed by atoms with E-state index in [1.807, 2.05) is 6.92 Å². The Morgan fingerprint density at radius 2 is 2.00 bits per heavy atom. The molecule has 1 N–H and O–H groups in total. The van der Waals surface area contributed by atoms with Gasteiger partial charge in [-0.15, -0.1) is 0 Å². The van der Waals surface area contributed by atoms with Crippen LogP contribution in [0.25, 0.3) is 6.08 Å². The molecule has 0 bridgehead atoms. The molecule has 2 aromatic rings. The third-order valence-electron chi connectivity index (χ3n) is 4.39. The molecule has 0 radical (unpaired) electrons. The second-order valence-electron chi connectivity index (χ2n) is 6.44. The van der Waals surface area contributed by atoms with Crippen molar-refractivity contribution in [3.05, 3.63) is 68.9 Å². The van der Waals surface area contributed by atoms with E-state index in [-0.39, 0.29) is 24.0 Å². The number of carbonyl (C=O) groups is 1. The van der Waals surface area contributed by atoms with Gasteiger partial charge in [0.05, 0.1) is 12.0 Å². The molecule has 1 amide bonds. The molecule has 2 aromatic carbocycles. The number of thiocarbonyl (C=S) groups is 1. The number of carbonyl (C=O) groups excluding carboxylic acids is 1. The highest BCUT2D eigenvalue weighted by atomic mass is 32.1. The summed E-state index contributed by atoms with van der Waals surface area (Å²) in [6.45, 7) is 1.89. The number of likely N-dealkylation sites (N-methyl/N-ethyl adjacent to an activating group) is 1. The lowest BCUT2D eigenvalue weighted by molar-refractivity contribution is -0.386. The van der Waals surface area contributed by atoms with Crippen LogP contribution in [0, 0.1) is 17.0 Å².